The number of rotatable bonds is 3. The summed E-state index contributed by atoms with van der Waals surface area (Å²) in [5, 5.41) is 3.05. The number of carbonyl (C=O) groups is 1. The maximum Gasteiger partial charge on any atom is 0.272 e. The van der Waals surface area contributed by atoms with Gasteiger partial charge in [-0.25, -0.2) is 14.4 Å². The van der Waals surface area contributed by atoms with E-state index in [1.807, 2.05) is 4.90 Å². The average Bonchev–Trinajstić information content (AvgIpc) is 2.86. The molecule has 1 N–H and O–H groups in total. The van der Waals surface area contributed by atoms with E-state index >= 15 is 0 Å². The molecule has 1 aromatic carbocycles. The number of hydrogen-bond acceptors (Lipinski definition) is 4. The number of likely N-dealkylation sites (tertiary alicyclic amines) is 1. The van der Waals surface area contributed by atoms with Gasteiger partial charge in [-0.15, -0.1) is 0 Å². The molecule has 6 heteroatoms. The summed E-state index contributed by atoms with van der Waals surface area (Å²) in [6, 6.07) is 7.61. The Kier molecular flexibility index (Phi) is 4.80. The Balaban J connectivity index is 1.73. The zero-order valence-electron chi connectivity index (χ0n) is 12.8. The molecule has 0 bridgehead atoms. The molecule has 0 radical (unpaired) electrons. The lowest BCUT2D eigenvalue weighted by Crippen LogP contribution is -2.32. The molecular weight excluding hydrogens is 295 g/mol. The lowest BCUT2D eigenvalue weighted by molar-refractivity contribution is 0.0755. The minimum absolute atomic E-state index is 0.0588. The third-order valence-electron chi connectivity index (χ3n) is 3.90. The highest BCUT2D eigenvalue weighted by Gasteiger charge is 2.18. The molecule has 0 saturated carbocycles. The topological polar surface area (TPSA) is 58.1 Å². The number of halogens is 1. The van der Waals surface area contributed by atoms with Crippen molar-refractivity contribution >= 4 is 17.4 Å². The first-order valence-corrected chi connectivity index (χ1v) is 7.86. The molecule has 0 atom stereocenters. The Morgan fingerprint density at radius 3 is 2.43 bits per heavy atom. The number of nitrogens with one attached hydrogen (secondary N) is 1. The highest BCUT2D eigenvalue weighted by molar-refractivity contribution is 5.93. The van der Waals surface area contributed by atoms with Crippen molar-refractivity contribution in [2.45, 2.75) is 25.7 Å². The molecule has 1 saturated heterocycles. The normalized spacial score (nSPS) is 15.1. The quantitative estimate of drug-likeness (QED) is 0.943. The molecule has 1 fully saturated rings. The lowest BCUT2D eigenvalue weighted by atomic mass is 10.2. The average molecular weight is 314 g/mol. The second kappa shape index (κ2) is 7.17. The summed E-state index contributed by atoms with van der Waals surface area (Å²) >= 11 is 0. The van der Waals surface area contributed by atoms with Gasteiger partial charge in [0.25, 0.3) is 5.91 Å². The standard InChI is InChI=1S/C17H19FN4O/c18-13-5-7-14(8-6-13)21-16-11-15(19-12-20-16)17(23)22-9-3-1-2-4-10-22/h5-8,11-12H,1-4,9-10H2,(H,19,20,21). The first-order valence-electron chi connectivity index (χ1n) is 7.86. The molecule has 1 aromatic heterocycles. The van der Waals surface area contributed by atoms with Crippen molar-refractivity contribution in [3.63, 3.8) is 0 Å². The van der Waals surface area contributed by atoms with Gasteiger partial charge in [0, 0.05) is 24.8 Å². The van der Waals surface area contributed by atoms with Crippen LogP contribution in [0, 0.1) is 5.82 Å². The number of carbonyl (C=O) groups excluding carboxylic acids is 1. The van der Waals surface area contributed by atoms with Gasteiger partial charge >= 0.3 is 0 Å². The minimum Gasteiger partial charge on any atom is -0.340 e. The predicted octanol–water partition coefficient (Wildman–Crippen LogP) is 3.38. The SMILES string of the molecule is O=C(c1cc(Nc2ccc(F)cc2)ncn1)N1CCCCCC1. The predicted molar refractivity (Wildman–Crippen MR) is 86.1 cm³/mol. The van der Waals surface area contributed by atoms with Crippen LogP contribution in [0.5, 0.6) is 0 Å². The van der Waals surface area contributed by atoms with E-state index in [2.05, 4.69) is 15.3 Å². The monoisotopic (exact) mass is 314 g/mol. The maximum absolute atomic E-state index is 12.9. The first kappa shape index (κ1) is 15.4. The summed E-state index contributed by atoms with van der Waals surface area (Å²) in [4.78, 5) is 22.6. The number of benzene rings is 1. The van der Waals surface area contributed by atoms with Crippen LogP contribution in [-0.4, -0.2) is 33.9 Å². The summed E-state index contributed by atoms with van der Waals surface area (Å²) in [5.74, 6) is 0.163. The Bertz CT molecular complexity index is 667. The van der Waals surface area contributed by atoms with Crippen LogP contribution in [0.4, 0.5) is 15.9 Å². The minimum atomic E-state index is -0.296. The van der Waals surface area contributed by atoms with Crippen LogP contribution < -0.4 is 5.32 Å². The third-order valence-corrected chi connectivity index (χ3v) is 3.90. The molecule has 0 aliphatic carbocycles. The van der Waals surface area contributed by atoms with E-state index < -0.39 is 0 Å². The van der Waals surface area contributed by atoms with E-state index in [4.69, 9.17) is 0 Å². The number of amides is 1. The molecule has 2 aromatic rings. The van der Waals surface area contributed by atoms with Gasteiger partial charge in [0.05, 0.1) is 0 Å². The highest BCUT2D eigenvalue weighted by Crippen LogP contribution is 2.17. The number of anilines is 2. The van der Waals surface area contributed by atoms with Crippen molar-refractivity contribution in [2.24, 2.45) is 0 Å². The zero-order valence-corrected chi connectivity index (χ0v) is 12.8. The second-order valence-corrected chi connectivity index (χ2v) is 5.63. The van der Waals surface area contributed by atoms with E-state index in [1.54, 1.807) is 18.2 Å². The van der Waals surface area contributed by atoms with Gasteiger partial charge in [-0.05, 0) is 37.1 Å². The van der Waals surface area contributed by atoms with Gasteiger partial charge in [-0.1, -0.05) is 12.8 Å². The van der Waals surface area contributed by atoms with Crippen LogP contribution in [0.2, 0.25) is 0 Å². The van der Waals surface area contributed by atoms with Gasteiger partial charge in [-0.2, -0.15) is 0 Å². The van der Waals surface area contributed by atoms with E-state index in [0.29, 0.717) is 17.2 Å². The molecule has 23 heavy (non-hydrogen) atoms. The fourth-order valence-electron chi connectivity index (χ4n) is 2.66. The molecule has 3 rings (SSSR count). The summed E-state index contributed by atoms with van der Waals surface area (Å²) in [6.07, 6.45) is 5.79. The molecule has 5 nitrogen and oxygen atoms in total. The zero-order chi connectivity index (χ0) is 16.1. The van der Waals surface area contributed by atoms with Gasteiger partial charge < -0.3 is 10.2 Å². The Hall–Kier alpha value is -2.50. The molecule has 120 valence electrons. The number of aromatic nitrogens is 2. The van der Waals surface area contributed by atoms with E-state index in [9.17, 15) is 9.18 Å². The van der Waals surface area contributed by atoms with E-state index in [1.165, 1.54) is 31.3 Å². The Labute approximate surface area is 134 Å². The Morgan fingerprint density at radius 1 is 1.04 bits per heavy atom. The van der Waals surface area contributed by atoms with Gasteiger partial charge in [0.15, 0.2) is 0 Å². The van der Waals surface area contributed by atoms with E-state index in [-0.39, 0.29) is 11.7 Å². The van der Waals surface area contributed by atoms with Crippen molar-refractivity contribution in [3.8, 4) is 0 Å². The van der Waals surface area contributed by atoms with Crippen molar-refractivity contribution in [1.29, 1.82) is 0 Å². The molecular formula is C17H19FN4O. The third kappa shape index (κ3) is 4.03. The largest absolute Gasteiger partial charge is 0.340 e. The van der Waals surface area contributed by atoms with Gasteiger partial charge in [-0.3, -0.25) is 4.79 Å². The van der Waals surface area contributed by atoms with Crippen molar-refractivity contribution in [1.82, 2.24) is 14.9 Å². The van der Waals surface area contributed by atoms with Crippen LogP contribution in [0.3, 0.4) is 0 Å². The smallest absolute Gasteiger partial charge is 0.272 e. The van der Waals surface area contributed by atoms with Crippen molar-refractivity contribution < 1.29 is 9.18 Å². The second-order valence-electron chi connectivity index (χ2n) is 5.63. The summed E-state index contributed by atoms with van der Waals surface area (Å²) in [7, 11) is 0. The fraction of sp³-hybridized carbons (Fsp3) is 0.353. The molecule has 2 heterocycles. The highest BCUT2D eigenvalue weighted by atomic mass is 19.1. The Morgan fingerprint density at radius 2 is 1.74 bits per heavy atom. The van der Waals surface area contributed by atoms with Crippen LogP contribution in [-0.2, 0) is 0 Å². The van der Waals surface area contributed by atoms with Crippen LogP contribution >= 0.6 is 0 Å². The van der Waals surface area contributed by atoms with Crippen LogP contribution in [0.1, 0.15) is 36.2 Å². The van der Waals surface area contributed by atoms with Crippen LogP contribution in [0.15, 0.2) is 36.7 Å². The summed E-state index contributed by atoms with van der Waals surface area (Å²) in [5.41, 5.74) is 1.09. The number of nitrogens with zero attached hydrogens (tertiary/aromatic N) is 3. The van der Waals surface area contributed by atoms with E-state index in [0.717, 1.165) is 25.9 Å². The van der Waals surface area contributed by atoms with Crippen molar-refractivity contribution in [2.75, 3.05) is 18.4 Å². The van der Waals surface area contributed by atoms with Crippen molar-refractivity contribution in [3.05, 3.63) is 48.2 Å². The molecule has 0 spiro atoms. The molecule has 1 amide bonds. The summed E-state index contributed by atoms with van der Waals surface area (Å²) in [6.45, 7) is 1.56. The van der Waals surface area contributed by atoms with Gasteiger partial charge in [0.2, 0.25) is 0 Å². The maximum atomic E-state index is 12.9. The van der Waals surface area contributed by atoms with Crippen LogP contribution in [0.25, 0.3) is 0 Å². The lowest BCUT2D eigenvalue weighted by Gasteiger charge is -2.19. The first-order chi connectivity index (χ1) is 11.2. The summed E-state index contributed by atoms with van der Waals surface area (Å²) < 4.78 is 12.9. The molecule has 0 unspecified atom stereocenters. The fourth-order valence-corrected chi connectivity index (χ4v) is 2.66. The molecule has 1 aliphatic heterocycles. The van der Waals surface area contributed by atoms with Gasteiger partial charge in [0.1, 0.15) is 23.7 Å². The number of hydrogen-bond donors (Lipinski definition) is 1. The molecule has 1 aliphatic rings.